The molecule has 0 saturated carbocycles. The number of nitrogens with one attached hydrogen (secondary N) is 1. The molecule has 0 saturated heterocycles. The normalized spacial score (nSPS) is 12.0. The van der Waals surface area contributed by atoms with Gasteiger partial charge >= 0.3 is 0 Å². The van der Waals surface area contributed by atoms with Crippen molar-refractivity contribution in [3.05, 3.63) is 58.1 Å². The first-order valence-electron chi connectivity index (χ1n) is 6.72. The van der Waals surface area contributed by atoms with Crippen LogP contribution in [-0.2, 0) is 19.9 Å². The molecule has 0 aliphatic rings. The molecule has 0 amide bonds. The number of sulfonamides is 1. The van der Waals surface area contributed by atoms with Crippen molar-refractivity contribution >= 4 is 53.4 Å². The van der Waals surface area contributed by atoms with E-state index in [2.05, 4.69) is 9.71 Å². The summed E-state index contributed by atoms with van der Waals surface area (Å²) in [6, 6.07) is 7.37. The van der Waals surface area contributed by atoms with Gasteiger partial charge in [-0.05, 0) is 23.6 Å². The number of nitrogens with zero attached hydrogens (tertiary/aromatic N) is 2. The highest BCUT2D eigenvalue weighted by atomic mass is 32.2. The molecule has 136 valence electrons. The second-order valence-corrected chi connectivity index (χ2v) is 10.8. The number of thiophene rings is 1. The maximum atomic E-state index is 12.5. The molecule has 13 heteroatoms. The summed E-state index contributed by atoms with van der Waals surface area (Å²) in [4.78, 5) is 13.7. The monoisotopic (exact) mass is 431 g/mol. The van der Waals surface area contributed by atoms with Gasteiger partial charge in [0, 0.05) is 12.1 Å². The van der Waals surface area contributed by atoms with Crippen molar-refractivity contribution in [1.82, 2.24) is 4.98 Å². The van der Waals surface area contributed by atoms with Gasteiger partial charge in [-0.2, -0.15) is 0 Å². The van der Waals surface area contributed by atoms with Crippen LogP contribution in [0.2, 0.25) is 0 Å². The second kappa shape index (κ2) is 6.75. The van der Waals surface area contributed by atoms with E-state index in [9.17, 15) is 26.9 Å². The van der Waals surface area contributed by atoms with Gasteiger partial charge < -0.3 is 0 Å². The molecule has 0 bridgehead atoms. The van der Waals surface area contributed by atoms with E-state index in [1.54, 1.807) is 11.4 Å². The van der Waals surface area contributed by atoms with E-state index in [-0.39, 0.29) is 24.1 Å². The molecule has 0 radical (unpaired) electrons. The lowest BCUT2D eigenvalue weighted by atomic mass is 10.3. The van der Waals surface area contributed by atoms with Crippen LogP contribution in [-0.4, -0.2) is 26.7 Å². The van der Waals surface area contributed by atoms with Crippen LogP contribution in [0.15, 0.2) is 61.3 Å². The molecule has 0 atom stereocenters. The topological polar surface area (TPSA) is 136 Å². The Hall–Kier alpha value is -2.35. The van der Waals surface area contributed by atoms with Crippen molar-refractivity contribution in [2.75, 3.05) is 4.72 Å². The summed E-state index contributed by atoms with van der Waals surface area (Å²) in [6.07, 6.45) is 1.04. The van der Waals surface area contributed by atoms with Gasteiger partial charge in [-0.1, -0.05) is 17.4 Å². The van der Waals surface area contributed by atoms with Crippen molar-refractivity contribution < 1.29 is 21.8 Å². The Labute approximate surface area is 156 Å². The van der Waals surface area contributed by atoms with E-state index >= 15 is 0 Å². The predicted molar refractivity (Wildman–Crippen MR) is 95.8 cm³/mol. The Bertz CT molecular complexity index is 1150. The van der Waals surface area contributed by atoms with Crippen LogP contribution in [0, 0.1) is 10.1 Å². The number of anilines is 1. The number of hydrogen-bond acceptors (Lipinski definition) is 9. The number of hydrogen-bond donors (Lipinski definition) is 1. The Kier molecular flexibility index (Phi) is 4.79. The van der Waals surface area contributed by atoms with Gasteiger partial charge in [-0.15, -0.1) is 11.3 Å². The lowest BCUT2D eigenvalue weighted by Crippen LogP contribution is -2.10. The number of non-ortho nitro benzene ring substituents is 1. The van der Waals surface area contributed by atoms with Crippen LogP contribution < -0.4 is 4.72 Å². The van der Waals surface area contributed by atoms with Gasteiger partial charge in [-0.25, -0.2) is 21.8 Å². The number of rotatable bonds is 6. The molecule has 26 heavy (non-hydrogen) atoms. The van der Waals surface area contributed by atoms with Crippen LogP contribution in [0.4, 0.5) is 10.8 Å². The van der Waals surface area contributed by atoms with E-state index in [0.29, 0.717) is 11.3 Å². The third-order valence-corrected chi connectivity index (χ3v) is 9.10. The lowest BCUT2D eigenvalue weighted by Gasteiger charge is -2.02. The summed E-state index contributed by atoms with van der Waals surface area (Å²) in [7, 11) is -7.80. The summed E-state index contributed by atoms with van der Waals surface area (Å²) >= 11 is 1.67. The van der Waals surface area contributed by atoms with Crippen molar-refractivity contribution in [1.29, 1.82) is 0 Å². The molecule has 9 nitrogen and oxygen atoms in total. The SMILES string of the molecule is O=[N+]([O-])c1ccc(S(=O)(=O)c2cnc(NS(=O)(=O)c3cccs3)s2)cc1. The van der Waals surface area contributed by atoms with Gasteiger partial charge in [-0.3, -0.25) is 14.8 Å². The molecule has 0 unspecified atom stereocenters. The molecule has 2 aromatic heterocycles. The van der Waals surface area contributed by atoms with Crippen LogP contribution in [0.25, 0.3) is 0 Å². The minimum absolute atomic E-state index is 0.0764. The number of thiazole rings is 1. The molecular weight excluding hydrogens is 422 g/mol. The van der Waals surface area contributed by atoms with Crippen LogP contribution in [0.5, 0.6) is 0 Å². The average molecular weight is 431 g/mol. The highest BCUT2D eigenvalue weighted by Crippen LogP contribution is 2.31. The van der Waals surface area contributed by atoms with Crippen LogP contribution in [0.1, 0.15) is 0 Å². The lowest BCUT2D eigenvalue weighted by molar-refractivity contribution is -0.384. The third-order valence-electron chi connectivity index (χ3n) is 3.09. The van der Waals surface area contributed by atoms with Gasteiger partial charge in [0.15, 0.2) is 5.13 Å². The largest absolute Gasteiger partial charge is 0.273 e. The number of sulfone groups is 1. The smallest absolute Gasteiger partial charge is 0.258 e. The molecule has 1 aromatic carbocycles. The van der Waals surface area contributed by atoms with Gasteiger partial charge in [0.2, 0.25) is 9.84 Å². The fraction of sp³-hybridized carbons (Fsp3) is 0. The molecule has 0 aliphatic heterocycles. The highest BCUT2D eigenvalue weighted by molar-refractivity contribution is 7.95. The summed E-state index contributed by atoms with van der Waals surface area (Å²) in [5, 5.41) is 12.1. The predicted octanol–water partition coefficient (Wildman–Crippen LogP) is 2.75. The van der Waals surface area contributed by atoms with E-state index in [1.807, 2.05) is 0 Å². The maximum Gasteiger partial charge on any atom is 0.273 e. The van der Waals surface area contributed by atoms with Crippen LogP contribution in [0.3, 0.4) is 0 Å². The Morgan fingerprint density at radius 3 is 2.31 bits per heavy atom. The van der Waals surface area contributed by atoms with Crippen molar-refractivity contribution in [3.63, 3.8) is 0 Å². The minimum Gasteiger partial charge on any atom is -0.258 e. The molecule has 0 aliphatic carbocycles. The number of nitro benzene ring substituents is 1. The average Bonchev–Trinajstić information content (AvgIpc) is 3.26. The van der Waals surface area contributed by atoms with E-state index in [0.717, 1.165) is 41.8 Å². The third kappa shape index (κ3) is 3.60. The fourth-order valence-corrected chi connectivity index (χ4v) is 6.54. The molecule has 1 N–H and O–H groups in total. The number of benzene rings is 1. The quantitative estimate of drug-likeness (QED) is 0.468. The van der Waals surface area contributed by atoms with Crippen molar-refractivity contribution in [2.24, 2.45) is 0 Å². The minimum atomic E-state index is -3.97. The zero-order chi connectivity index (χ0) is 18.9. The van der Waals surface area contributed by atoms with Crippen molar-refractivity contribution in [3.8, 4) is 0 Å². The standard InChI is InChI=1S/C13H9N3O6S4/c17-16(18)9-3-5-10(6-4-9)25(19,20)12-8-14-13(24-12)15-26(21,22)11-2-1-7-23-11/h1-8H,(H,14,15). The molecule has 0 fully saturated rings. The first-order valence-corrected chi connectivity index (χ1v) is 11.4. The molecule has 3 aromatic rings. The van der Waals surface area contributed by atoms with Crippen molar-refractivity contribution in [2.45, 2.75) is 13.3 Å². The fourth-order valence-electron chi connectivity index (χ4n) is 1.88. The highest BCUT2D eigenvalue weighted by Gasteiger charge is 2.24. The number of nitro groups is 1. The maximum absolute atomic E-state index is 12.5. The molecule has 0 spiro atoms. The van der Waals surface area contributed by atoms with Gasteiger partial charge in [0.05, 0.1) is 16.0 Å². The molecule has 3 rings (SSSR count). The Morgan fingerprint density at radius 1 is 1.04 bits per heavy atom. The first kappa shape index (κ1) is 18.4. The van der Waals surface area contributed by atoms with Gasteiger partial charge in [0.1, 0.15) is 8.42 Å². The zero-order valence-electron chi connectivity index (χ0n) is 12.6. The first-order chi connectivity index (χ1) is 12.2. The second-order valence-electron chi connectivity index (χ2n) is 4.78. The summed E-state index contributed by atoms with van der Waals surface area (Å²) in [5.74, 6) is 0. The Morgan fingerprint density at radius 2 is 1.73 bits per heavy atom. The summed E-state index contributed by atoms with van der Waals surface area (Å²) in [5.41, 5.74) is -0.238. The van der Waals surface area contributed by atoms with E-state index in [4.69, 9.17) is 0 Å². The van der Waals surface area contributed by atoms with Gasteiger partial charge in [0.25, 0.3) is 15.7 Å². The van der Waals surface area contributed by atoms with E-state index < -0.39 is 24.8 Å². The van der Waals surface area contributed by atoms with E-state index in [1.165, 1.54) is 6.07 Å². The summed E-state index contributed by atoms with van der Waals surface area (Å²) in [6.45, 7) is 0. The number of aromatic nitrogens is 1. The zero-order valence-corrected chi connectivity index (χ0v) is 15.9. The summed E-state index contributed by atoms with van der Waals surface area (Å²) < 4.78 is 51.5. The van der Waals surface area contributed by atoms with Crippen LogP contribution >= 0.6 is 22.7 Å². The molecule has 2 heterocycles. The molecular formula is C13H9N3O6S4. The Balaban J connectivity index is 1.88.